The lowest BCUT2D eigenvalue weighted by Crippen LogP contribution is -2.38. The van der Waals surface area contributed by atoms with Crippen molar-refractivity contribution in [2.75, 3.05) is 48.6 Å². The fourth-order valence-corrected chi connectivity index (χ4v) is 2.27. The van der Waals surface area contributed by atoms with Crippen molar-refractivity contribution in [3.8, 4) is 11.5 Å². The summed E-state index contributed by atoms with van der Waals surface area (Å²) in [6.45, 7) is 3.76. The van der Waals surface area contributed by atoms with Crippen LogP contribution in [-0.4, -0.2) is 59.5 Å². The zero-order valence-corrected chi connectivity index (χ0v) is 14.0. The number of benzene rings is 1. The minimum atomic E-state index is 0.217. The Labute approximate surface area is 128 Å². The normalized spacial score (nSPS) is 14.0. The van der Waals surface area contributed by atoms with Gasteiger partial charge in [0.2, 0.25) is 0 Å². The summed E-state index contributed by atoms with van der Waals surface area (Å²) in [7, 11) is 9.11. The molecular formula is C16H28N2O3. The lowest BCUT2D eigenvalue weighted by molar-refractivity contribution is 0.110. The summed E-state index contributed by atoms with van der Waals surface area (Å²) in [4.78, 5) is 2.28. The van der Waals surface area contributed by atoms with Gasteiger partial charge >= 0.3 is 0 Å². The van der Waals surface area contributed by atoms with E-state index in [4.69, 9.17) is 14.2 Å². The van der Waals surface area contributed by atoms with Crippen LogP contribution in [-0.2, 0) is 4.74 Å². The number of methoxy groups -OCH3 is 3. The summed E-state index contributed by atoms with van der Waals surface area (Å²) < 4.78 is 15.9. The van der Waals surface area contributed by atoms with Gasteiger partial charge in [0.1, 0.15) is 0 Å². The first kappa shape index (κ1) is 17.8. The molecule has 0 saturated carbocycles. The Hall–Kier alpha value is -1.30. The molecule has 0 radical (unpaired) electrons. The topological polar surface area (TPSA) is 43.0 Å². The summed E-state index contributed by atoms with van der Waals surface area (Å²) in [5, 5.41) is 3.36. The molecule has 21 heavy (non-hydrogen) atoms. The molecule has 1 aromatic carbocycles. The van der Waals surface area contributed by atoms with Crippen molar-refractivity contribution in [1.82, 2.24) is 10.2 Å². The van der Waals surface area contributed by atoms with Crippen molar-refractivity contribution in [2.24, 2.45) is 0 Å². The smallest absolute Gasteiger partial charge is 0.161 e. The summed E-state index contributed by atoms with van der Waals surface area (Å²) in [6.07, 6.45) is 0. The third-order valence-electron chi connectivity index (χ3n) is 3.79. The maximum Gasteiger partial charge on any atom is 0.161 e. The van der Waals surface area contributed by atoms with Crippen LogP contribution in [0.3, 0.4) is 0 Å². The Morgan fingerprint density at radius 1 is 1.14 bits per heavy atom. The summed E-state index contributed by atoms with van der Waals surface area (Å²) in [5.74, 6) is 1.50. The molecule has 0 spiro atoms. The van der Waals surface area contributed by atoms with Crippen LogP contribution >= 0.6 is 0 Å². The number of likely N-dealkylation sites (N-methyl/N-ethyl adjacent to an activating group) is 2. The molecule has 0 aliphatic carbocycles. The van der Waals surface area contributed by atoms with E-state index in [2.05, 4.69) is 30.3 Å². The van der Waals surface area contributed by atoms with Crippen molar-refractivity contribution < 1.29 is 14.2 Å². The van der Waals surface area contributed by atoms with E-state index >= 15 is 0 Å². The van der Waals surface area contributed by atoms with Crippen LogP contribution < -0.4 is 14.8 Å². The van der Waals surface area contributed by atoms with Gasteiger partial charge in [-0.2, -0.15) is 0 Å². The Morgan fingerprint density at radius 3 is 2.33 bits per heavy atom. The molecule has 2 atom stereocenters. The van der Waals surface area contributed by atoms with Gasteiger partial charge in [-0.1, -0.05) is 6.07 Å². The van der Waals surface area contributed by atoms with Crippen LogP contribution in [0, 0.1) is 0 Å². The molecule has 1 N–H and O–H groups in total. The number of nitrogens with zero attached hydrogens (tertiary/aromatic N) is 1. The zero-order chi connectivity index (χ0) is 15.8. The van der Waals surface area contributed by atoms with E-state index in [-0.39, 0.29) is 6.04 Å². The molecule has 0 heterocycles. The van der Waals surface area contributed by atoms with Crippen LogP contribution in [0.5, 0.6) is 11.5 Å². The van der Waals surface area contributed by atoms with Crippen molar-refractivity contribution >= 4 is 0 Å². The molecule has 0 amide bonds. The first-order valence-corrected chi connectivity index (χ1v) is 7.15. The number of hydrogen-bond acceptors (Lipinski definition) is 5. The first-order valence-electron chi connectivity index (χ1n) is 7.15. The molecule has 120 valence electrons. The van der Waals surface area contributed by atoms with Gasteiger partial charge in [-0.15, -0.1) is 0 Å². The molecule has 0 aromatic heterocycles. The third-order valence-corrected chi connectivity index (χ3v) is 3.79. The average Bonchev–Trinajstić information content (AvgIpc) is 2.51. The van der Waals surface area contributed by atoms with E-state index in [1.165, 1.54) is 5.56 Å². The molecule has 0 saturated heterocycles. The number of hydrogen-bond donors (Lipinski definition) is 1. The Kier molecular flexibility index (Phi) is 7.50. The van der Waals surface area contributed by atoms with E-state index in [1.807, 2.05) is 19.2 Å². The van der Waals surface area contributed by atoms with Crippen LogP contribution in [0.15, 0.2) is 18.2 Å². The molecule has 0 aliphatic rings. The SMILES string of the molecule is CNC(CN(C)C(C)COC)c1ccc(OC)c(OC)c1. The molecule has 1 aromatic rings. The first-order chi connectivity index (χ1) is 10.1. The monoisotopic (exact) mass is 296 g/mol. The predicted octanol–water partition coefficient (Wildman–Crippen LogP) is 1.93. The van der Waals surface area contributed by atoms with Crippen molar-refractivity contribution in [3.63, 3.8) is 0 Å². The molecule has 5 heteroatoms. The summed E-state index contributed by atoms with van der Waals surface area (Å²) >= 11 is 0. The second kappa shape index (κ2) is 8.87. The summed E-state index contributed by atoms with van der Waals surface area (Å²) in [6, 6.07) is 6.61. The number of nitrogens with one attached hydrogen (secondary N) is 1. The largest absolute Gasteiger partial charge is 0.493 e. The Bertz CT molecular complexity index is 426. The zero-order valence-electron chi connectivity index (χ0n) is 14.0. The van der Waals surface area contributed by atoms with E-state index in [9.17, 15) is 0 Å². The van der Waals surface area contributed by atoms with Crippen LogP contribution in [0.25, 0.3) is 0 Å². The fraction of sp³-hybridized carbons (Fsp3) is 0.625. The third kappa shape index (κ3) is 4.88. The quantitative estimate of drug-likeness (QED) is 0.754. The van der Waals surface area contributed by atoms with Gasteiger partial charge in [0.15, 0.2) is 11.5 Å². The maximum atomic E-state index is 5.38. The van der Waals surface area contributed by atoms with E-state index in [0.717, 1.165) is 24.7 Å². The molecular weight excluding hydrogens is 268 g/mol. The molecule has 0 bridgehead atoms. The van der Waals surface area contributed by atoms with Gasteiger partial charge in [0.25, 0.3) is 0 Å². The van der Waals surface area contributed by atoms with Gasteiger partial charge in [-0.3, -0.25) is 4.90 Å². The highest BCUT2D eigenvalue weighted by Crippen LogP contribution is 2.30. The molecule has 2 unspecified atom stereocenters. The van der Waals surface area contributed by atoms with E-state index in [0.29, 0.717) is 6.04 Å². The number of ether oxygens (including phenoxy) is 3. The van der Waals surface area contributed by atoms with Gasteiger partial charge < -0.3 is 19.5 Å². The van der Waals surface area contributed by atoms with Gasteiger partial charge in [0.05, 0.1) is 20.8 Å². The predicted molar refractivity (Wildman–Crippen MR) is 85.3 cm³/mol. The Morgan fingerprint density at radius 2 is 1.81 bits per heavy atom. The van der Waals surface area contributed by atoms with Crippen LogP contribution in [0.4, 0.5) is 0 Å². The second-order valence-corrected chi connectivity index (χ2v) is 5.20. The lowest BCUT2D eigenvalue weighted by atomic mass is 10.1. The molecule has 5 nitrogen and oxygen atoms in total. The molecule has 0 fully saturated rings. The van der Waals surface area contributed by atoms with Gasteiger partial charge in [0, 0.05) is 25.7 Å². The van der Waals surface area contributed by atoms with Crippen molar-refractivity contribution in [2.45, 2.75) is 19.0 Å². The maximum absolute atomic E-state index is 5.38. The van der Waals surface area contributed by atoms with Crippen LogP contribution in [0.1, 0.15) is 18.5 Å². The van der Waals surface area contributed by atoms with Gasteiger partial charge in [-0.05, 0) is 38.7 Å². The highest BCUT2D eigenvalue weighted by molar-refractivity contribution is 5.43. The van der Waals surface area contributed by atoms with E-state index < -0.39 is 0 Å². The Balaban J connectivity index is 2.84. The molecule has 0 aliphatic heterocycles. The standard InChI is InChI=1S/C16H28N2O3/c1-12(11-19-4)18(3)10-14(17-2)13-7-8-15(20-5)16(9-13)21-6/h7-9,12,14,17H,10-11H2,1-6H3. The second-order valence-electron chi connectivity index (χ2n) is 5.20. The van der Waals surface area contributed by atoms with E-state index in [1.54, 1.807) is 21.3 Å². The number of rotatable bonds is 9. The summed E-state index contributed by atoms with van der Waals surface area (Å²) in [5.41, 5.74) is 1.17. The van der Waals surface area contributed by atoms with Gasteiger partial charge in [-0.25, -0.2) is 0 Å². The van der Waals surface area contributed by atoms with Crippen LogP contribution in [0.2, 0.25) is 0 Å². The fourth-order valence-electron chi connectivity index (χ4n) is 2.27. The van der Waals surface area contributed by atoms with Crippen molar-refractivity contribution in [1.29, 1.82) is 0 Å². The highest BCUT2D eigenvalue weighted by atomic mass is 16.5. The molecule has 1 rings (SSSR count). The highest BCUT2D eigenvalue weighted by Gasteiger charge is 2.17. The lowest BCUT2D eigenvalue weighted by Gasteiger charge is -2.29. The minimum absolute atomic E-state index is 0.217. The van der Waals surface area contributed by atoms with Crippen molar-refractivity contribution in [3.05, 3.63) is 23.8 Å². The average molecular weight is 296 g/mol. The minimum Gasteiger partial charge on any atom is -0.493 e.